The Morgan fingerprint density at radius 1 is 1.19 bits per heavy atom. The summed E-state index contributed by atoms with van der Waals surface area (Å²) in [5.41, 5.74) is 1.15. The second-order valence-electron chi connectivity index (χ2n) is 9.39. The molecule has 0 unspecified atom stereocenters. The van der Waals surface area contributed by atoms with Gasteiger partial charge in [-0.15, -0.1) is 5.10 Å². The van der Waals surface area contributed by atoms with Crippen LogP contribution >= 0.6 is 11.6 Å². The fraction of sp³-hybridized carbons (Fsp3) is 0.333. The molecule has 37 heavy (non-hydrogen) atoms. The van der Waals surface area contributed by atoms with E-state index in [1.54, 1.807) is 37.3 Å². The van der Waals surface area contributed by atoms with Crippen LogP contribution in [0.15, 0.2) is 59.0 Å². The molecule has 2 aromatic carbocycles. The van der Waals surface area contributed by atoms with Gasteiger partial charge < -0.3 is 14.5 Å². The van der Waals surface area contributed by atoms with E-state index in [2.05, 4.69) is 15.6 Å². The van der Waals surface area contributed by atoms with Gasteiger partial charge in [0.15, 0.2) is 6.04 Å². The first kappa shape index (κ1) is 26.2. The average molecular weight is 524 g/mol. The zero-order valence-electron chi connectivity index (χ0n) is 21.5. The van der Waals surface area contributed by atoms with Crippen molar-refractivity contribution >= 4 is 40.1 Å². The number of furan rings is 1. The molecule has 0 saturated carbocycles. The fourth-order valence-corrected chi connectivity index (χ4v) is 4.14. The number of aromatic nitrogens is 3. The number of amides is 2. The first-order valence-corrected chi connectivity index (χ1v) is 12.3. The minimum absolute atomic E-state index is 0.184. The molecule has 10 heteroatoms. The lowest BCUT2D eigenvalue weighted by Crippen LogP contribution is -2.51. The maximum absolute atomic E-state index is 14.1. The van der Waals surface area contributed by atoms with Gasteiger partial charge in [-0.05, 0) is 69.7 Å². The summed E-state index contributed by atoms with van der Waals surface area (Å²) >= 11 is 6.36. The van der Waals surface area contributed by atoms with Crippen LogP contribution in [0.2, 0.25) is 5.02 Å². The Bertz CT molecular complexity index is 1430. The molecule has 4 aromatic rings. The number of fused-ring (bicyclic) bond motifs is 1. The first-order valence-electron chi connectivity index (χ1n) is 12.0. The summed E-state index contributed by atoms with van der Waals surface area (Å²) in [7, 11) is 1.49. The van der Waals surface area contributed by atoms with Gasteiger partial charge in [-0.25, -0.2) is 4.68 Å². The monoisotopic (exact) mass is 523 g/mol. The van der Waals surface area contributed by atoms with Gasteiger partial charge in [0.05, 0.1) is 18.3 Å². The number of nitrogens with one attached hydrogen (secondary N) is 1. The number of para-hydroxylation sites is 1. The number of ether oxygens (including phenoxy) is 1. The van der Waals surface area contributed by atoms with Crippen LogP contribution in [0.3, 0.4) is 0 Å². The highest BCUT2D eigenvalue weighted by atomic mass is 35.5. The van der Waals surface area contributed by atoms with Crippen LogP contribution in [-0.4, -0.2) is 39.5 Å². The van der Waals surface area contributed by atoms with Gasteiger partial charge in [-0.3, -0.25) is 14.5 Å². The van der Waals surface area contributed by atoms with Crippen LogP contribution in [-0.2, 0) is 16.1 Å². The number of halogens is 1. The Balaban J connectivity index is 1.87. The molecular formula is C27H30ClN5O4. The van der Waals surface area contributed by atoms with Crippen molar-refractivity contribution in [3.63, 3.8) is 0 Å². The standard InChI is InChI=1S/C27H30ClN5O4/c1-6-27(3,4)29-26(35)25(23-13-11-17(2)37-23)33(21-15-18(28)12-14-22(21)36-5)24(34)16-32-20-10-8-7-9-19(20)30-31-32/h7-15,25H,6,16H2,1-5H3,(H,29,35)/t25-/m0/s1. The number of carbonyl (C=O) groups excluding carboxylic acids is 2. The van der Waals surface area contributed by atoms with Crippen molar-refractivity contribution in [3.05, 3.63) is 71.1 Å². The van der Waals surface area contributed by atoms with Crippen molar-refractivity contribution in [3.8, 4) is 5.75 Å². The number of rotatable bonds is 9. The maximum atomic E-state index is 14.1. The van der Waals surface area contributed by atoms with Crippen molar-refractivity contribution in [2.75, 3.05) is 12.0 Å². The van der Waals surface area contributed by atoms with Gasteiger partial charge >= 0.3 is 0 Å². The molecule has 0 aliphatic rings. The lowest BCUT2D eigenvalue weighted by molar-refractivity contribution is -0.128. The minimum Gasteiger partial charge on any atom is -0.495 e. The average Bonchev–Trinajstić information content (AvgIpc) is 3.48. The Morgan fingerprint density at radius 3 is 2.62 bits per heavy atom. The zero-order valence-corrected chi connectivity index (χ0v) is 22.2. The number of aryl methyl sites for hydroxylation is 1. The Labute approximate surface area is 220 Å². The molecule has 4 rings (SSSR count). The summed E-state index contributed by atoms with van der Waals surface area (Å²) in [5, 5.41) is 11.8. The van der Waals surface area contributed by atoms with Crippen molar-refractivity contribution in [2.45, 2.75) is 52.2 Å². The number of methoxy groups -OCH3 is 1. The predicted molar refractivity (Wildman–Crippen MR) is 142 cm³/mol. The lowest BCUT2D eigenvalue weighted by atomic mass is 10.0. The largest absolute Gasteiger partial charge is 0.495 e. The highest BCUT2D eigenvalue weighted by Gasteiger charge is 2.38. The Morgan fingerprint density at radius 2 is 1.95 bits per heavy atom. The third-order valence-electron chi connectivity index (χ3n) is 6.26. The van der Waals surface area contributed by atoms with E-state index in [-0.39, 0.29) is 6.54 Å². The highest BCUT2D eigenvalue weighted by molar-refractivity contribution is 6.31. The zero-order chi connectivity index (χ0) is 26.7. The number of carbonyl (C=O) groups is 2. The maximum Gasteiger partial charge on any atom is 0.251 e. The molecule has 0 radical (unpaired) electrons. The van der Waals surface area contributed by atoms with E-state index in [9.17, 15) is 9.59 Å². The molecule has 0 aliphatic heterocycles. The second kappa shape index (κ2) is 10.6. The fourth-order valence-electron chi connectivity index (χ4n) is 3.97. The molecule has 9 nitrogen and oxygen atoms in total. The molecular weight excluding hydrogens is 494 g/mol. The quantitative estimate of drug-likeness (QED) is 0.328. The minimum atomic E-state index is -1.14. The van der Waals surface area contributed by atoms with Gasteiger partial charge in [0.1, 0.15) is 29.3 Å². The van der Waals surface area contributed by atoms with E-state index in [4.69, 9.17) is 20.8 Å². The van der Waals surface area contributed by atoms with E-state index in [1.807, 2.05) is 45.0 Å². The van der Waals surface area contributed by atoms with E-state index in [0.717, 1.165) is 0 Å². The number of hydrogen-bond donors (Lipinski definition) is 1. The topological polar surface area (TPSA) is 102 Å². The summed E-state index contributed by atoms with van der Waals surface area (Å²) in [4.78, 5) is 29.3. The second-order valence-corrected chi connectivity index (χ2v) is 9.83. The lowest BCUT2D eigenvalue weighted by Gasteiger charge is -2.34. The van der Waals surface area contributed by atoms with E-state index in [1.165, 1.54) is 16.7 Å². The Kier molecular flexibility index (Phi) is 7.54. The smallest absolute Gasteiger partial charge is 0.251 e. The summed E-state index contributed by atoms with van der Waals surface area (Å²) < 4.78 is 13.0. The van der Waals surface area contributed by atoms with E-state index in [0.29, 0.717) is 45.4 Å². The van der Waals surface area contributed by atoms with Crippen LogP contribution in [0.1, 0.15) is 44.8 Å². The number of nitrogens with zero attached hydrogens (tertiary/aromatic N) is 4. The molecule has 1 N–H and O–H groups in total. The van der Waals surface area contributed by atoms with Crippen molar-refractivity contribution in [1.82, 2.24) is 20.3 Å². The van der Waals surface area contributed by atoms with Crippen molar-refractivity contribution in [1.29, 1.82) is 0 Å². The third kappa shape index (κ3) is 5.61. The molecule has 1 atom stereocenters. The van der Waals surface area contributed by atoms with Gasteiger partial charge in [0.2, 0.25) is 5.91 Å². The van der Waals surface area contributed by atoms with Crippen LogP contribution in [0.5, 0.6) is 5.75 Å². The summed E-state index contributed by atoms with van der Waals surface area (Å²) in [6, 6.07) is 14.6. The summed E-state index contributed by atoms with van der Waals surface area (Å²) in [6.45, 7) is 7.41. The van der Waals surface area contributed by atoms with Crippen molar-refractivity contribution in [2.24, 2.45) is 0 Å². The molecule has 0 aliphatic carbocycles. The highest BCUT2D eigenvalue weighted by Crippen LogP contribution is 2.38. The molecule has 194 valence electrons. The first-order chi connectivity index (χ1) is 17.6. The molecule has 2 amide bonds. The summed E-state index contributed by atoms with van der Waals surface area (Å²) in [5.74, 6) is 0.452. The summed E-state index contributed by atoms with van der Waals surface area (Å²) in [6.07, 6.45) is 0.683. The van der Waals surface area contributed by atoms with Crippen LogP contribution < -0.4 is 15.0 Å². The third-order valence-corrected chi connectivity index (χ3v) is 6.49. The molecule has 0 spiro atoms. The molecule has 0 bridgehead atoms. The normalized spacial score (nSPS) is 12.4. The van der Waals surface area contributed by atoms with Crippen LogP contribution in [0, 0.1) is 6.92 Å². The molecule has 0 saturated heterocycles. The van der Waals surface area contributed by atoms with Gasteiger partial charge in [-0.1, -0.05) is 35.9 Å². The number of hydrogen-bond acceptors (Lipinski definition) is 6. The van der Waals surface area contributed by atoms with Gasteiger partial charge in [-0.2, -0.15) is 0 Å². The number of anilines is 1. The molecule has 0 fully saturated rings. The van der Waals surface area contributed by atoms with E-state index < -0.39 is 23.4 Å². The SMILES string of the molecule is CCC(C)(C)NC(=O)[C@H](c1ccc(C)o1)N(C(=O)Cn1nnc2ccccc21)c1cc(Cl)ccc1OC. The van der Waals surface area contributed by atoms with Crippen LogP contribution in [0.25, 0.3) is 11.0 Å². The van der Waals surface area contributed by atoms with E-state index >= 15 is 0 Å². The molecule has 2 heterocycles. The van der Waals surface area contributed by atoms with Crippen molar-refractivity contribution < 1.29 is 18.7 Å². The predicted octanol–water partition coefficient (Wildman–Crippen LogP) is 5.07. The number of benzene rings is 2. The molecule has 2 aromatic heterocycles. The van der Waals surface area contributed by atoms with Crippen LogP contribution in [0.4, 0.5) is 5.69 Å². The Hall–Kier alpha value is -3.85. The van der Waals surface area contributed by atoms with Gasteiger partial charge in [0.25, 0.3) is 5.91 Å². The van der Waals surface area contributed by atoms with Gasteiger partial charge in [0, 0.05) is 10.6 Å².